The first-order valence-corrected chi connectivity index (χ1v) is 5.20. The van der Waals surface area contributed by atoms with E-state index >= 15 is 0 Å². The van der Waals surface area contributed by atoms with Crippen LogP contribution in [0.15, 0.2) is 16.9 Å². The van der Waals surface area contributed by atoms with Gasteiger partial charge in [0.25, 0.3) is 0 Å². The molecule has 1 aromatic rings. The third-order valence-electron chi connectivity index (χ3n) is 2.05. The second-order valence-corrected chi connectivity index (χ2v) is 4.00. The van der Waals surface area contributed by atoms with E-state index in [1.807, 2.05) is 0 Å². The van der Waals surface area contributed by atoms with Gasteiger partial charge in [0, 0.05) is 12.6 Å². The highest BCUT2D eigenvalue weighted by atomic mass is 79.9. The zero-order chi connectivity index (χ0) is 9.97. The summed E-state index contributed by atoms with van der Waals surface area (Å²) in [4.78, 5) is 3.94. The molecule has 14 heavy (non-hydrogen) atoms. The van der Waals surface area contributed by atoms with Crippen LogP contribution in [0.3, 0.4) is 0 Å². The summed E-state index contributed by atoms with van der Waals surface area (Å²) in [6.45, 7) is 1.39. The molecule has 0 aliphatic carbocycles. The van der Waals surface area contributed by atoms with Crippen molar-refractivity contribution in [2.75, 3.05) is 18.9 Å². The molecule has 1 unspecified atom stereocenters. The Morgan fingerprint density at radius 2 is 2.43 bits per heavy atom. The lowest BCUT2D eigenvalue weighted by Gasteiger charge is -2.14. The van der Waals surface area contributed by atoms with Crippen molar-refractivity contribution in [3.63, 3.8) is 0 Å². The van der Waals surface area contributed by atoms with Gasteiger partial charge in [0.05, 0.1) is 29.6 Å². The van der Waals surface area contributed by atoms with Crippen LogP contribution in [0.5, 0.6) is 5.75 Å². The van der Waals surface area contributed by atoms with Gasteiger partial charge in [-0.2, -0.15) is 0 Å². The first-order chi connectivity index (χ1) is 6.77. The second kappa shape index (κ2) is 4.14. The predicted molar refractivity (Wildman–Crippen MR) is 56.2 cm³/mol. The average Bonchev–Trinajstić information content (AvgIpc) is 2.64. The fraction of sp³-hybridized carbons (Fsp3) is 0.444. The number of aromatic nitrogens is 1. The topological polar surface area (TPSA) is 57.4 Å². The number of pyridine rings is 1. The van der Waals surface area contributed by atoms with Crippen LogP contribution in [-0.2, 0) is 4.74 Å². The fourth-order valence-electron chi connectivity index (χ4n) is 1.33. The van der Waals surface area contributed by atoms with Gasteiger partial charge in [0.2, 0.25) is 0 Å². The number of hydrogen-bond acceptors (Lipinski definition) is 4. The summed E-state index contributed by atoms with van der Waals surface area (Å²) >= 11 is 3.35. The van der Waals surface area contributed by atoms with E-state index in [9.17, 15) is 0 Å². The summed E-state index contributed by atoms with van der Waals surface area (Å²) in [5, 5.41) is 0. The maximum absolute atomic E-state index is 5.74. The van der Waals surface area contributed by atoms with E-state index < -0.39 is 0 Å². The lowest BCUT2D eigenvalue weighted by molar-refractivity contribution is 0.141. The number of halogens is 1. The number of hydrogen-bond donors (Lipinski definition) is 1. The molecular weight excluding hydrogens is 248 g/mol. The molecule has 0 saturated carbocycles. The zero-order valence-electron chi connectivity index (χ0n) is 7.57. The smallest absolute Gasteiger partial charge is 0.160 e. The molecule has 1 saturated heterocycles. The Kier molecular flexibility index (Phi) is 2.88. The first kappa shape index (κ1) is 9.73. The van der Waals surface area contributed by atoms with Gasteiger partial charge in [-0.1, -0.05) is 0 Å². The van der Waals surface area contributed by atoms with Crippen molar-refractivity contribution < 1.29 is 9.47 Å². The van der Waals surface area contributed by atoms with Gasteiger partial charge in [-0.15, -0.1) is 0 Å². The standard InChI is InChI=1S/C9H11BrN2O2/c10-7-3-12-4-8(11)9(7)14-6-1-2-13-5-6/h3-4,6H,1-2,5,11H2. The van der Waals surface area contributed by atoms with Crippen LogP contribution in [-0.4, -0.2) is 24.3 Å². The number of nitrogen functional groups attached to an aromatic ring is 1. The van der Waals surface area contributed by atoms with Crippen molar-refractivity contribution in [1.29, 1.82) is 0 Å². The number of ether oxygens (including phenoxy) is 2. The normalized spacial score (nSPS) is 21.1. The summed E-state index contributed by atoms with van der Waals surface area (Å²) < 4.78 is 11.7. The molecule has 0 spiro atoms. The Balaban J connectivity index is 2.14. The van der Waals surface area contributed by atoms with Crippen molar-refractivity contribution in [1.82, 2.24) is 4.98 Å². The molecule has 2 rings (SSSR count). The summed E-state index contributed by atoms with van der Waals surface area (Å²) in [5.41, 5.74) is 6.29. The summed E-state index contributed by atoms with van der Waals surface area (Å²) in [5.74, 6) is 0.663. The van der Waals surface area contributed by atoms with Crippen molar-refractivity contribution >= 4 is 21.6 Å². The molecule has 0 amide bonds. The molecule has 5 heteroatoms. The maximum atomic E-state index is 5.74. The van der Waals surface area contributed by atoms with Crippen LogP contribution >= 0.6 is 15.9 Å². The largest absolute Gasteiger partial charge is 0.484 e. The van der Waals surface area contributed by atoms with E-state index in [0.29, 0.717) is 18.0 Å². The van der Waals surface area contributed by atoms with E-state index in [1.54, 1.807) is 12.4 Å². The Bertz CT molecular complexity index is 306. The van der Waals surface area contributed by atoms with Gasteiger partial charge in [0.1, 0.15) is 6.10 Å². The van der Waals surface area contributed by atoms with E-state index in [-0.39, 0.29) is 6.10 Å². The third kappa shape index (κ3) is 1.99. The third-order valence-corrected chi connectivity index (χ3v) is 2.62. The molecule has 0 radical (unpaired) electrons. The van der Waals surface area contributed by atoms with Crippen LogP contribution in [0.4, 0.5) is 5.69 Å². The number of nitrogens with two attached hydrogens (primary N) is 1. The van der Waals surface area contributed by atoms with Gasteiger partial charge in [0.15, 0.2) is 5.75 Å². The lowest BCUT2D eigenvalue weighted by atomic mass is 10.3. The molecule has 1 atom stereocenters. The van der Waals surface area contributed by atoms with Crippen molar-refractivity contribution in [3.05, 3.63) is 16.9 Å². The molecule has 0 aromatic carbocycles. The van der Waals surface area contributed by atoms with Gasteiger partial charge in [-0.05, 0) is 15.9 Å². The molecule has 76 valence electrons. The Hall–Kier alpha value is -0.810. The van der Waals surface area contributed by atoms with Crippen molar-refractivity contribution in [3.8, 4) is 5.75 Å². The maximum Gasteiger partial charge on any atom is 0.160 e. The average molecular weight is 259 g/mol. The monoisotopic (exact) mass is 258 g/mol. The predicted octanol–water partition coefficient (Wildman–Crippen LogP) is 1.59. The summed E-state index contributed by atoms with van der Waals surface area (Å²) in [7, 11) is 0. The number of rotatable bonds is 2. The molecule has 4 nitrogen and oxygen atoms in total. The highest BCUT2D eigenvalue weighted by Gasteiger charge is 2.19. The minimum atomic E-state index is 0.107. The SMILES string of the molecule is Nc1cncc(Br)c1OC1CCOC1. The van der Waals surface area contributed by atoms with Crippen LogP contribution in [0, 0.1) is 0 Å². The molecule has 2 heterocycles. The first-order valence-electron chi connectivity index (χ1n) is 4.41. The Labute approximate surface area is 90.5 Å². The molecule has 0 bridgehead atoms. The Morgan fingerprint density at radius 1 is 1.57 bits per heavy atom. The Morgan fingerprint density at radius 3 is 3.07 bits per heavy atom. The minimum Gasteiger partial charge on any atom is -0.484 e. The minimum absolute atomic E-state index is 0.107. The number of nitrogens with zero attached hydrogens (tertiary/aromatic N) is 1. The van der Waals surface area contributed by atoms with Crippen molar-refractivity contribution in [2.45, 2.75) is 12.5 Å². The van der Waals surface area contributed by atoms with E-state index in [0.717, 1.165) is 17.5 Å². The molecule has 1 aliphatic heterocycles. The van der Waals surface area contributed by atoms with Crippen LogP contribution in [0.25, 0.3) is 0 Å². The lowest BCUT2D eigenvalue weighted by Crippen LogP contribution is -2.16. The second-order valence-electron chi connectivity index (χ2n) is 3.14. The van der Waals surface area contributed by atoms with Crippen molar-refractivity contribution in [2.24, 2.45) is 0 Å². The summed E-state index contributed by atoms with van der Waals surface area (Å²) in [6.07, 6.45) is 4.27. The van der Waals surface area contributed by atoms with Crippen LogP contribution in [0.1, 0.15) is 6.42 Å². The number of anilines is 1. The zero-order valence-corrected chi connectivity index (χ0v) is 9.16. The molecule has 2 N–H and O–H groups in total. The van der Waals surface area contributed by atoms with E-state index in [1.165, 1.54) is 0 Å². The fourth-order valence-corrected chi connectivity index (χ4v) is 1.78. The molecule has 1 fully saturated rings. The molecule has 1 aromatic heterocycles. The van der Waals surface area contributed by atoms with E-state index in [4.69, 9.17) is 15.2 Å². The quantitative estimate of drug-likeness (QED) is 0.876. The highest BCUT2D eigenvalue weighted by molar-refractivity contribution is 9.10. The van der Waals surface area contributed by atoms with Crippen LogP contribution in [0.2, 0.25) is 0 Å². The van der Waals surface area contributed by atoms with Gasteiger partial charge >= 0.3 is 0 Å². The van der Waals surface area contributed by atoms with Gasteiger partial charge in [-0.25, -0.2) is 0 Å². The van der Waals surface area contributed by atoms with E-state index in [2.05, 4.69) is 20.9 Å². The van der Waals surface area contributed by atoms with Gasteiger partial charge < -0.3 is 15.2 Å². The molecular formula is C9H11BrN2O2. The summed E-state index contributed by atoms with van der Waals surface area (Å²) in [6, 6.07) is 0. The van der Waals surface area contributed by atoms with Gasteiger partial charge in [-0.3, -0.25) is 4.98 Å². The molecule has 1 aliphatic rings. The van der Waals surface area contributed by atoms with Crippen LogP contribution < -0.4 is 10.5 Å². The highest BCUT2D eigenvalue weighted by Crippen LogP contribution is 2.31.